The Balaban J connectivity index is 2.14. The third-order valence-corrected chi connectivity index (χ3v) is 2.62. The van der Waals surface area contributed by atoms with Crippen LogP contribution in [0.2, 0.25) is 0 Å². The molecular weight excluding hydrogens is 252 g/mol. The van der Waals surface area contributed by atoms with Crippen LogP contribution in [0, 0.1) is 0 Å². The van der Waals surface area contributed by atoms with Crippen LogP contribution in [0.15, 0.2) is 9.62 Å². The Morgan fingerprint density at radius 3 is 2.79 bits per heavy atom. The molecule has 1 N–H and O–H groups in total. The van der Waals surface area contributed by atoms with Gasteiger partial charge in [0.05, 0.1) is 0 Å². The number of carboxylic acid groups (broad SMARTS) is 1. The van der Waals surface area contributed by atoms with Crippen LogP contribution < -0.4 is 0 Å². The summed E-state index contributed by atoms with van der Waals surface area (Å²) < 4.78 is 5.01. The molecule has 0 saturated heterocycles. The van der Waals surface area contributed by atoms with Crippen LogP contribution in [0.4, 0.5) is 0 Å². The Bertz CT molecular complexity index is 535. The second-order valence-corrected chi connectivity index (χ2v) is 4.51. The van der Waals surface area contributed by atoms with Gasteiger partial charge in [-0.2, -0.15) is 10.1 Å². The van der Waals surface area contributed by atoms with Crippen LogP contribution in [0.3, 0.4) is 0 Å². The molecule has 0 aliphatic carbocycles. The van der Waals surface area contributed by atoms with Crippen LogP contribution in [0.5, 0.6) is 0 Å². The van der Waals surface area contributed by atoms with Gasteiger partial charge >= 0.3 is 5.97 Å². The number of carbonyl (C=O) groups excluding carboxylic acids is 1. The summed E-state index contributed by atoms with van der Waals surface area (Å²) in [7, 11) is 0. The summed E-state index contributed by atoms with van der Waals surface area (Å²) in [5, 5.41) is 17.5. The highest BCUT2D eigenvalue weighted by Gasteiger charge is 2.25. The minimum absolute atomic E-state index is 0.0197. The minimum Gasteiger partial charge on any atom is -0.477 e. The summed E-state index contributed by atoms with van der Waals surface area (Å²) in [4.78, 5) is 26.6. The van der Waals surface area contributed by atoms with Crippen molar-refractivity contribution in [3.8, 4) is 0 Å². The summed E-state index contributed by atoms with van der Waals surface area (Å²) in [5.41, 5.74) is -0.0350. The molecule has 0 aromatic carbocycles. The average Bonchev–Trinajstić information content (AvgIpc) is 2.80. The van der Waals surface area contributed by atoms with Crippen molar-refractivity contribution in [3.05, 3.63) is 11.7 Å². The molecule has 0 radical (unpaired) electrons. The van der Waals surface area contributed by atoms with Gasteiger partial charge in [0.2, 0.25) is 11.8 Å². The molecule has 0 saturated carbocycles. The van der Waals surface area contributed by atoms with Crippen LogP contribution in [-0.2, 0) is 16.1 Å². The maximum Gasteiger partial charge on any atom is 0.352 e. The summed E-state index contributed by atoms with van der Waals surface area (Å²) in [6.07, 6.45) is 0.272. The molecule has 2 rings (SSSR count). The first-order chi connectivity index (χ1) is 8.97. The van der Waals surface area contributed by atoms with Crippen molar-refractivity contribution >= 4 is 17.6 Å². The number of aromatic nitrogens is 2. The number of aliphatic carboxylic acids is 1. The van der Waals surface area contributed by atoms with Gasteiger partial charge in [-0.3, -0.25) is 4.79 Å². The molecule has 0 atom stereocenters. The van der Waals surface area contributed by atoms with Gasteiger partial charge in [0.1, 0.15) is 12.3 Å². The van der Waals surface area contributed by atoms with E-state index >= 15 is 0 Å². The van der Waals surface area contributed by atoms with Crippen LogP contribution in [0.25, 0.3) is 0 Å². The van der Waals surface area contributed by atoms with E-state index in [9.17, 15) is 9.59 Å². The number of hydrazone groups is 1. The molecule has 2 heterocycles. The molecule has 8 nitrogen and oxygen atoms in total. The molecule has 1 aliphatic rings. The van der Waals surface area contributed by atoms with Crippen molar-refractivity contribution in [3.63, 3.8) is 0 Å². The maximum atomic E-state index is 11.6. The molecule has 0 fully saturated rings. The maximum absolute atomic E-state index is 11.6. The van der Waals surface area contributed by atoms with E-state index in [0.29, 0.717) is 11.7 Å². The standard InChI is InChI=1S/C11H14N4O4/c1-6(2)10-12-8(14-19-10)5-15-9(16)4-3-7(13-15)11(17)18/h6H,3-5H2,1-2H3,(H,17,18). The summed E-state index contributed by atoms with van der Waals surface area (Å²) in [6.45, 7) is 3.83. The first-order valence-corrected chi connectivity index (χ1v) is 5.91. The van der Waals surface area contributed by atoms with Crippen molar-refractivity contribution in [2.75, 3.05) is 0 Å². The predicted octanol–water partition coefficient (Wildman–Crippen LogP) is 0.756. The van der Waals surface area contributed by atoms with Crippen molar-refractivity contribution in [2.24, 2.45) is 5.10 Å². The highest BCUT2D eigenvalue weighted by Crippen LogP contribution is 2.15. The monoisotopic (exact) mass is 266 g/mol. The summed E-state index contributed by atoms with van der Waals surface area (Å²) in [5.74, 6) is -0.486. The van der Waals surface area contributed by atoms with Gasteiger partial charge in [-0.25, -0.2) is 9.80 Å². The van der Waals surface area contributed by atoms with E-state index in [2.05, 4.69) is 15.2 Å². The Morgan fingerprint density at radius 2 is 2.21 bits per heavy atom. The quantitative estimate of drug-likeness (QED) is 0.861. The number of carboxylic acids is 1. The van der Waals surface area contributed by atoms with Crippen LogP contribution >= 0.6 is 0 Å². The van der Waals surface area contributed by atoms with E-state index in [-0.39, 0.29) is 36.9 Å². The molecule has 1 aliphatic heterocycles. The number of rotatable bonds is 4. The smallest absolute Gasteiger partial charge is 0.352 e. The molecule has 1 amide bonds. The molecule has 0 bridgehead atoms. The third kappa shape index (κ3) is 2.95. The van der Waals surface area contributed by atoms with Gasteiger partial charge in [-0.15, -0.1) is 0 Å². The first-order valence-electron chi connectivity index (χ1n) is 5.91. The number of hydrogen-bond acceptors (Lipinski definition) is 6. The largest absolute Gasteiger partial charge is 0.477 e. The molecule has 102 valence electrons. The normalized spacial score (nSPS) is 15.8. The van der Waals surface area contributed by atoms with E-state index in [1.807, 2.05) is 13.8 Å². The number of carbonyl (C=O) groups is 2. The highest BCUT2D eigenvalue weighted by molar-refractivity contribution is 6.36. The molecular formula is C11H14N4O4. The van der Waals surface area contributed by atoms with E-state index in [1.165, 1.54) is 0 Å². The van der Waals surface area contributed by atoms with Crippen LogP contribution in [-0.4, -0.2) is 37.8 Å². The highest BCUT2D eigenvalue weighted by atomic mass is 16.5. The van der Waals surface area contributed by atoms with Gasteiger partial charge in [-0.1, -0.05) is 19.0 Å². The zero-order valence-corrected chi connectivity index (χ0v) is 10.7. The number of hydrogen-bond donors (Lipinski definition) is 1. The van der Waals surface area contributed by atoms with Crippen LogP contribution in [0.1, 0.15) is 44.3 Å². The zero-order chi connectivity index (χ0) is 14.0. The molecule has 0 unspecified atom stereocenters. The lowest BCUT2D eigenvalue weighted by atomic mass is 10.2. The summed E-state index contributed by atoms with van der Waals surface area (Å²) >= 11 is 0. The Labute approximate surface area is 109 Å². The second-order valence-electron chi connectivity index (χ2n) is 4.51. The number of nitrogens with zero attached hydrogens (tertiary/aromatic N) is 4. The Hall–Kier alpha value is -2.25. The average molecular weight is 266 g/mol. The molecule has 1 aromatic heterocycles. The van der Waals surface area contributed by atoms with E-state index < -0.39 is 5.97 Å². The van der Waals surface area contributed by atoms with Gasteiger partial charge in [0.15, 0.2) is 5.82 Å². The zero-order valence-electron chi connectivity index (χ0n) is 10.7. The van der Waals surface area contributed by atoms with E-state index in [0.717, 1.165) is 5.01 Å². The Kier molecular flexibility index (Phi) is 3.59. The molecule has 8 heteroatoms. The first kappa shape index (κ1) is 13.2. The second kappa shape index (κ2) is 5.17. The van der Waals surface area contributed by atoms with E-state index in [1.54, 1.807) is 0 Å². The van der Waals surface area contributed by atoms with Crippen molar-refractivity contribution < 1.29 is 19.2 Å². The molecule has 1 aromatic rings. The fourth-order valence-electron chi connectivity index (χ4n) is 1.58. The van der Waals surface area contributed by atoms with Crippen molar-refractivity contribution in [2.45, 2.75) is 39.2 Å². The topological polar surface area (TPSA) is 109 Å². The fourth-order valence-corrected chi connectivity index (χ4v) is 1.58. The lowest BCUT2D eigenvalue weighted by molar-refractivity contribution is -0.133. The molecule has 19 heavy (non-hydrogen) atoms. The van der Waals surface area contributed by atoms with Gasteiger partial charge < -0.3 is 9.63 Å². The lowest BCUT2D eigenvalue weighted by Gasteiger charge is -2.20. The predicted molar refractivity (Wildman–Crippen MR) is 63.2 cm³/mol. The minimum atomic E-state index is -1.12. The van der Waals surface area contributed by atoms with Crippen molar-refractivity contribution in [1.82, 2.24) is 15.1 Å². The SMILES string of the molecule is CC(C)c1nc(CN2N=C(C(=O)O)CCC2=O)no1. The fraction of sp³-hybridized carbons (Fsp3) is 0.545. The van der Waals surface area contributed by atoms with E-state index in [4.69, 9.17) is 9.63 Å². The number of amides is 1. The van der Waals surface area contributed by atoms with Gasteiger partial charge in [0.25, 0.3) is 0 Å². The lowest BCUT2D eigenvalue weighted by Crippen LogP contribution is -2.34. The van der Waals surface area contributed by atoms with Gasteiger partial charge in [0, 0.05) is 18.8 Å². The van der Waals surface area contributed by atoms with Gasteiger partial charge in [-0.05, 0) is 0 Å². The molecule has 0 spiro atoms. The third-order valence-electron chi connectivity index (χ3n) is 2.62. The Morgan fingerprint density at radius 1 is 1.47 bits per heavy atom. The summed E-state index contributed by atoms with van der Waals surface area (Å²) in [6, 6.07) is 0. The van der Waals surface area contributed by atoms with Crippen molar-refractivity contribution in [1.29, 1.82) is 0 Å².